The Balaban J connectivity index is 1.68. The molecule has 0 spiro atoms. The Morgan fingerprint density at radius 2 is 1.47 bits per heavy atom. The Hall–Kier alpha value is -0.930. The Morgan fingerprint density at radius 1 is 0.824 bits per heavy atom. The van der Waals surface area contributed by atoms with E-state index in [2.05, 4.69) is 15.4 Å². The first-order valence-corrected chi connectivity index (χ1v) is 7.23. The lowest BCUT2D eigenvalue weighted by molar-refractivity contribution is 0.295. The van der Waals surface area contributed by atoms with E-state index < -0.39 is 0 Å². The first-order chi connectivity index (χ1) is 8.43. The van der Waals surface area contributed by atoms with Crippen LogP contribution in [-0.2, 0) is 0 Å². The lowest BCUT2D eigenvalue weighted by atomic mass is 9.89. The van der Waals surface area contributed by atoms with Crippen molar-refractivity contribution in [2.45, 2.75) is 76.2 Å². The SMILES string of the molecule is C1CCC(c2nnn(C3CCCCC3)n2)CC1. The lowest BCUT2D eigenvalue weighted by Crippen LogP contribution is -2.16. The summed E-state index contributed by atoms with van der Waals surface area (Å²) in [5.74, 6) is 1.59. The molecule has 4 nitrogen and oxygen atoms in total. The molecule has 2 fully saturated rings. The van der Waals surface area contributed by atoms with Crippen LogP contribution in [0.2, 0.25) is 0 Å². The minimum Gasteiger partial charge on any atom is -0.161 e. The highest BCUT2D eigenvalue weighted by molar-refractivity contribution is 4.93. The van der Waals surface area contributed by atoms with E-state index in [9.17, 15) is 0 Å². The minimum atomic E-state index is 0.522. The Kier molecular flexibility index (Phi) is 3.39. The molecule has 1 heterocycles. The maximum atomic E-state index is 4.65. The minimum absolute atomic E-state index is 0.522. The number of aromatic nitrogens is 4. The zero-order valence-corrected chi connectivity index (χ0v) is 10.5. The lowest BCUT2D eigenvalue weighted by Gasteiger charge is -2.20. The van der Waals surface area contributed by atoms with Crippen molar-refractivity contribution in [3.63, 3.8) is 0 Å². The number of hydrogen-bond donors (Lipinski definition) is 0. The zero-order valence-electron chi connectivity index (χ0n) is 10.5. The van der Waals surface area contributed by atoms with Crippen LogP contribution in [0.5, 0.6) is 0 Å². The summed E-state index contributed by atoms with van der Waals surface area (Å²) < 4.78 is 0. The van der Waals surface area contributed by atoms with Gasteiger partial charge in [0.2, 0.25) is 0 Å². The van der Waals surface area contributed by atoms with Gasteiger partial charge in [-0.3, -0.25) is 0 Å². The fourth-order valence-corrected chi connectivity index (χ4v) is 3.23. The highest BCUT2D eigenvalue weighted by Gasteiger charge is 2.23. The van der Waals surface area contributed by atoms with E-state index in [4.69, 9.17) is 0 Å². The number of hydrogen-bond acceptors (Lipinski definition) is 3. The fraction of sp³-hybridized carbons (Fsp3) is 0.923. The molecule has 0 amide bonds. The summed E-state index contributed by atoms with van der Waals surface area (Å²) in [6.07, 6.45) is 13.1. The largest absolute Gasteiger partial charge is 0.177 e. The molecule has 3 rings (SSSR count). The quantitative estimate of drug-likeness (QED) is 0.789. The van der Waals surface area contributed by atoms with Crippen LogP contribution < -0.4 is 0 Å². The van der Waals surface area contributed by atoms with Crippen LogP contribution in [-0.4, -0.2) is 20.2 Å². The van der Waals surface area contributed by atoms with Crippen LogP contribution in [0.25, 0.3) is 0 Å². The molecule has 0 radical (unpaired) electrons. The van der Waals surface area contributed by atoms with E-state index in [-0.39, 0.29) is 0 Å². The summed E-state index contributed by atoms with van der Waals surface area (Å²) in [6.45, 7) is 0. The molecule has 94 valence electrons. The predicted molar refractivity (Wildman–Crippen MR) is 65.8 cm³/mol. The van der Waals surface area contributed by atoms with Crippen molar-refractivity contribution in [3.05, 3.63) is 5.82 Å². The second-order valence-electron chi connectivity index (χ2n) is 5.59. The molecule has 0 bridgehead atoms. The summed E-state index contributed by atoms with van der Waals surface area (Å²) in [5, 5.41) is 13.2. The molecule has 0 N–H and O–H groups in total. The van der Waals surface area contributed by atoms with Crippen molar-refractivity contribution in [1.82, 2.24) is 20.2 Å². The molecule has 0 aromatic carbocycles. The van der Waals surface area contributed by atoms with Gasteiger partial charge in [0.25, 0.3) is 0 Å². The van der Waals surface area contributed by atoms with Crippen molar-refractivity contribution in [2.75, 3.05) is 0 Å². The topological polar surface area (TPSA) is 43.6 Å². The van der Waals surface area contributed by atoms with Gasteiger partial charge in [-0.1, -0.05) is 38.5 Å². The first kappa shape index (κ1) is 11.2. The van der Waals surface area contributed by atoms with Crippen molar-refractivity contribution in [3.8, 4) is 0 Å². The average Bonchev–Trinajstić information content (AvgIpc) is 2.90. The van der Waals surface area contributed by atoms with Gasteiger partial charge >= 0.3 is 0 Å². The van der Waals surface area contributed by atoms with Crippen molar-refractivity contribution < 1.29 is 0 Å². The maximum Gasteiger partial charge on any atom is 0.177 e. The van der Waals surface area contributed by atoms with Gasteiger partial charge < -0.3 is 0 Å². The average molecular weight is 234 g/mol. The molecule has 0 unspecified atom stereocenters. The normalized spacial score (nSPS) is 24.0. The zero-order chi connectivity index (χ0) is 11.5. The van der Waals surface area contributed by atoms with E-state index >= 15 is 0 Å². The third kappa shape index (κ3) is 2.50. The third-order valence-corrected chi connectivity index (χ3v) is 4.32. The molecule has 4 heteroatoms. The van der Waals surface area contributed by atoms with Crippen molar-refractivity contribution in [2.24, 2.45) is 0 Å². The van der Waals surface area contributed by atoms with Gasteiger partial charge in [0.1, 0.15) is 0 Å². The van der Waals surface area contributed by atoms with Crippen LogP contribution in [0.3, 0.4) is 0 Å². The van der Waals surface area contributed by atoms with Gasteiger partial charge in [-0.2, -0.15) is 4.80 Å². The first-order valence-electron chi connectivity index (χ1n) is 7.23. The second kappa shape index (κ2) is 5.15. The van der Waals surface area contributed by atoms with E-state index in [0.29, 0.717) is 12.0 Å². The summed E-state index contributed by atoms with van der Waals surface area (Å²) in [5.41, 5.74) is 0. The van der Waals surface area contributed by atoms with Crippen LogP contribution in [0, 0.1) is 0 Å². The molecule has 2 aliphatic rings. The van der Waals surface area contributed by atoms with Gasteiger partial charge in [-0.25, -0.2) is 0 Å². The molecular formula is C13H22N4. The van der Waals surface area contributed by atoms with Gasteiger partial charge in [-0.15, -0.1) is 10.2 Å². The Morgan fingerprint density at radius 3 is 2.18 bits per heavy atom. The summed E-state index contributed by atoms with van der Waals surface area (Å²) in [6, 6.07) is 0.522. The second-order valence-corrected chi connectivity index (χ2v) is 5.59. The predicted octanol–water partition coefficient (Wildman–Crippen LogP) is 3.23. The molecule has 2 saturated carbocycles. The molecular weight excluding hydrogens is 212 g/mol. The van der Waals surface area contributed by atoms with E-state index in [1.54, 1.807) is 0 Å². The number of nitrogens with zero attached hydrogens (tertiary/aromatic N) is 4. The molecule has 1 aromatic rings. The Bertz CT molecular complexity index is 316. The Labute approximate surface area is 103 Å². The molecule has 0 saturated heterocycles. The van der Waals surface area contributed by atoms with E-state index in [1.165, 1.54) is 64.2 Å². The van der Waals surface area contributed by atoms with Crippen molar-refractivity contribution in [1.29, 1.82) is 0 Å². The van der Waals surface area contributed by atoms with Gasteiger partial charge in [0.15, 0.2) is 5.82 Å². The summed E-state index contributed by atoms with van der Waals surface area (Å²) in [4.78, 5) is 1.91. The van der Waals surface area contributed by atoms with Crippen LogP contribution in [0.4, 0.5) is 0 Å². The van der Waals surface area contributed by atoms with Crippen LogP contribution >= 0.6 is 0 Å². The highest BCUT2D eigenvalue weighted by Crippen LogP contribution is 2.31. The molecule has 1 aromatic heterocycles. The highest BCUT2D eigenvalue weighted by atomic mass is 15.6. The smallest absolute Gasteiger partial charge is 0.161 e. The van der Waals surface area contributed by atoms with Crippen molar-refractivity contribution >= 4 is 0 Å². The summed E-state index contributed by atoms with van der Waals surface area (Å²) >= 11 is 0. The fourth-order valence-electron chi connectivity index (χ4n) is 3.23. The monoisotopic (exact) mass is 234 g/mol. The van der Waals surface area contributed by atoms with Crippen LogP contribution in [0.1, 0.15) is 82.0 Å². The summed E-state index contributed by atoms with van der Waals surface area (Å²) in [7, 11) is 0. The molecule has 0 atom stereocenters. The number of rotatable bonds is 2. The third-order valence-electron chi connectivity index (χ3n) is 4.32. The van der Waals surface area contributed by atoms with Gasteiger partial charge in [0.05, 0.1) is 6.04 Å². The van der Waals surface area contributed by atoms with E-state index in [0.717, 1.165) is 5.82 Å². The standard InChI is InChI=1S/C13H22N4/c1-3-7-11(8-4-1)13-14-16-17(15-13)12-9-5-2-6-10-12/h11-12H,1-10H2. The molecule has 2 aliphatic carbocycles. The number of tetrazole rings is 1. The maximum absolute atomic E-state index is 4.65. The molecule has 0 aliphatic heterocycles. The van der Waals surface area contributed by atoms with E-state index in [1.807, 2.05) is 4.80 Å². The molecule has 17 heavy (non-hydrogen) atoms. The van der Waals surface area contributed by atoms with Crippen LogP contribution in [0.15, 0.2) is 0 Å². The van der Waals surface area contributed by atoms with Gasteiger partial charge in [0, 0.05) is 5.92 Å². The van der Waals surface area contributed by atoms with Gasteiger partial charge in [-0.05, 0) is 30.9 Å².